The van der Waals surface area contributed by atoms with Gasteiger partial charge in [-0.05, 0) is 38.3 Å². The maximum Gasteiger partial charge on any atom is 0.426 e. The van der Waals surface area contributed by atoms with E-state index < -0.39 is 11.7 Å². The highest BCUT2D eigenvalue weighted by Crippen LogP contribution is 2.20. The van der Waals surface area contributed by atoms with Crippen LogP contribution in [0.5, 0.6) is 5.88 Å². The molecule has 0 radical (unpaired) electrons. The molecule has 0 saturated heterocycles. The first kappa shape index (κ1) is 18.3. The second kappa shape index (κ2) is 7.49. The minimum absolute atomic E-state index is 0.0362. The molecule has 1 aromatic heterocycles. The lowest BCUT2D eigenvalue weighted by molar-refractivity contribution is 0.0519. The SMILES string of the molecule is COc1cc(N(CC(C)C)NC(=O)OC(C)(C)C)nc(Cl)n1. The maximum atomic E-state index is 12.0. The van der Waals surface area contributed by atoms with Crippen LogP contribution in [-0.2, 0) is 4.74 Å². The van der Waals surface area contributed by atoms with Gasteiger partial charge in [-0.15, -0.1) is 0 Å². The Bertz CT molecular complexity index is 517. The number of halogens is 1. The molecular weight excluding hydrogens is 308 g/mol. The van der Waals surface area contributed by atoms with Crippen molar-refractivity contribution >= 4 is 23.5 Å². The molecular formula is C14H23ClN4O3. The molecule has 0 fully saturated rings. The summed E-state index contributed by atoms with van der Waals surface area (Å²) in [5.41, 5.74) is 2.08. The number of nitrogens with zero attached hydrogens (tertiary/aromatic N) is 3. The molecule has 8 heteroatoms. The summed E-state index contributed by atoms with van der Waals surface area (Å²) >= 11 is 5.88. The molecule has 0 aliphatic rings. The molecule has 0 atom stereocenters. The number of ether oxygens (including phenoxy) is 2. The minimum Gasteiger partial charge on any atom is -0.481 e. The minimum atomic E-state index is -0.589. The normalized spacial score (nSPS) is 11.3. The highest BCUT2D eigenvalue weighted by molar-refractivity contribution is 6.28. The average Bonchev–Trinajstić information content (AvgIpc) is 2.34. The highest BCUT2D eigenvalue weighted by atomic mass is 35.5. The molecule has 0 aliphatic heterocycles. The van der Waals surface area contributed by atoms with Gasteiger partial charge in [-0.2, -0.15) is 9.97 Å². The van der Waals surface area contributed by atoms with E-state index in [9.17, 15) is 4.79 Å². The van der Waals surface area contributed by atoms with Crippen LogP contribution < -0.4 is 15.2 Å². The summed E-state index contributed by atoms with van der Waals surface area (Å²) in [5, 5.41) is 1.60. The van der Waals surface area contributed by atoms with Gasteiger partial charge in [0.15, 0.2) is 5.82 Å². The summed E-state index contributed by atoms with van der Waals surface area (Å²) < 4.78 is 10.3. The van der Waals surface area contributed by atoms with Gasteiger partial charge in [-0.25, -0.2) is 10.2 Å². The Hall–Kier alpha value is -1.76. The van der Waals surface area contributed by atoms with Crippen LogP contribution in [0.4, 0.5) is 10.6 Å². The topological polar surface area (TPSA) is 76.6 Å². The van der Waals surface area contributed by atoms with E-state index in [0.717, 1.165) is 0 Å². The molecule has 22 heavy (non-hydrogen) atoms. The van der Waals surface area contributed by atoms with Crippen molar-refractivity contribution in [2.45, 2.75) is 40.2 Å². The van der Waals surface area contributed by atoms with Crippen LogP contribution in [0.1, 0.15) is 34.6 Å². The van der Waals surface area contributed by atoms with E-state index >= 15 is 0 Å². The van der Waals surface area contributed by atoms with E-state index in [1.54, 1.807) is 31.8 Å². The van der Waals surface area contributed by atoms with E-state index in [1.807, 2.05) is 13.8 Å². The lowest BCUT2D eigenvalue weighted by Crippen LogP contribution is -2.47. The average molecular weight is 331 g/mol. The zero-order valence-corrected chi connectivity index (χ0v) is 14.6. The maximum absolute atomic E-state index is 12.0. The fourth-order valence-electron chi connectivity index (χ4n) is 1.60. The molecule has 0 aliphatic carbocycles. The molecule has 1 amide bonds. The van der Waals surface area contributed by atoms with Gasteiger partial charge in [0.05, 0.1) is 7.11 Å². The van der Waals surface area contributed by atoms with Crippen LogP contribution in [0.25, 0.3) is 0 Å². The van der Waals surface area contributed by atoms with Gasteiger partial charge in [0, 0.05) is 12.6 Å². The van der Waals surface area contributed by atoms with E-state index in [2.05, 4.69) is 15.4 Å². The molecule has 0 spiro atoms. The number of hydrogen-bond acceptors (Lipinski definition) is 6. The van der Waals surface area contributed by atoms with Crippen molar-refractivity contribution in [3.8, 4) is 5.88 Å². The lowest BCUT2D eigenvalue weighted by atomic mass is 10.2. The van der Waals surface area contributed by atoms with Crippen LogP contribution in [-0.4, -0.2) is 35.3 Å². The van der Waals surface area contributed by atoms with Gasteiger partial charge in [-0.3, -0.25) is 5.01 Å². The summed E-state index contributed by atoms with van der Waals surface area (Å²) in [6.07, 6.45) is -0.568. The number of hydrazine groups is 1. The van der Waals surface area contributed by atoms with Crippen LogP contribution in [0.2, 0.25) is 5.28 Å². The fourth-order valence-corrected chi connectivity index (χ4v) is 1.77. The summed E-state index contributed by atoms with van der Waals surface area (Å²) in [6, 6.07) is 1.59. The molecule has 0 saturated carbocycles. The number of carbonyl (C=O) groups excluding carboxylic acids is 1. The van der Waals surface area contributed by atoms with Gasteiger partial charge < -0.3 is 9.47 Å². The summed E-state index contributed by atoms with van der Waals surface area (Å²) in [4.78, 5) is 20.0. The number of hydrogen-bond donors (Lipinski definition) is 1. The molecule has 124 valence electrons. The smallest absolute Gasteiger partial charge is 0.426 e. The standard InChI is InChI=1S/C14H23ClN4O3/c1-9(2)8-19(18-13(20)22-14(3,4)5)10-7-11(21-6)17-12(15)16-10/h7,9H,8H2,1-6H3,(H,18,20). The van der Waals surface area contributed by atoms with Crippen LogP contribution in [0.3, 0.4) is 0 Å². The molecule has 1 N–H and O–H groups in total. The van der Waals surface area contributed by atoms with E-state index in [-0.39, 0.29) is 11.2 Å². The third kappa shape index (κ3) is 6.34. The Balaban J connectivity index is 2.98. The predicted molar refractivity (Wildman–Crippen MR) is 85.1 cm³/mol. The Morgan fingerprint density at radius 3 is 2.55 bits per heavy atom. The Kier molecular flexibility index (Phi) is 6.22. The lowest BCUT2D eigenvalue weighted by Gasteiger charge is -2.28. The number of carbonyl (C=O) groups is 1. The zero-order chi connectivity index (χ0) is 16.9. The van der Waals surface area contributed by atoms with Crippen molar-refractivity contribution < 1.29 is 14.3 Å². The first-order valence-corrected chi connectivity index (χ1v) is 7.34. The van der Waals surface area contributed by atoms with Gasteiger partial charge in [0.1, 0.15) is 5.60 Å². The monoisotopic (exact) mass is 330 g/mol. The summed E-state index contributed by atoms with van der Waals surface area (Å²) in [6.45, 7) is 9.95. The molecule has 1 heterocycles. The molecule has 0 unspecified atom stereocenters. The molecule has 1 rings (SSSR count). The molecule has 1 aromatic rings. The number of methoxy groups -OCH3 is 1. The van der Waals surface area contributed by atoms with Crippen molar-refractivity contribution in [3.05, 3.63) is 11.3 Å². The van der Waals surface area contributed by atoms with Crippen LogP contribution >= 0.6 is 11.6 Å². The van der Waals surface area contributed by atoms with Gasteiger partial charge in [0.25, 0.3) is 0 Å². The van der Waals surface area contributed by atoms with Crippen molar-refractivity contribution in [3.63, 3.8) is 0 Å². The first-order valence-electron chi connectivity index (χ1n) is 6.96. The van der Waals surface area contributed by atoms with E-state index in [1.165, 1.54) is 7.11 Å². The number of rotatable bonds is 5. The van der Waals surface area contributed by atoms with Crippen molar-refractivity contribution in [2.75, 3.05) is 18.7 Å². The predicted octanol–water partition coefficient (Wildman–Crippen LogP) is 3.04. The largest absolute Gasteiger partial charge is 0.481 e. The first-order chi connectivity index (χ1) is 10.1. The number of amides is 1. The Labute approximate surface area is 135 Å². The van der Waals surface area contributed by atoms with Crippen molar-refractivity contribution in [1.29, 1.82) is 0 Å². The Morgan fingerprint density at radius 1 is 1.41 bits per heavy atom. The van der Waals surface area contributed by atoms with Crippen LogP contribution in [0, 0.1) is 5.92 Å². The van der Waals surface area contributed by atoms with E-state index in [0.29, 0.717) is 18.2 Å². The highest BCUT2D eigenvalue weighted by Gasteiger charge is 2.20. The van der Waals surface area contributed by atoms with Gasteiger partial charge >= 0.3 is 6.09 Å². The van der Waals surface area contributed by atoms with Crippen molar-refractivity contribution in [1.82, 2.24) is 15.4 Å². The summed E-state index contributed by atoms with van der Waals surface area (Å²) in [7, 11) is 1.48. The fraction of sp³-hybridized carbons (Fsp3) is 0.643. The number of aromatic nitrogens is 2. The third-order valence-corrected chi connectivity index (χ3v) is 2.49. The molecule has 7 nitrogen and oxygen atoms in total. The van der Waals surface area contributed by atoms with E-state index in [4.69, 9.17) is 21.1 Å². The summed E-state index contributed by atoms with van der Waals surface area (Å²) in [5.74, 6) is 1.01. The number of nitrogens with one attached hydrogen (secondary N) is 1. The zero-order valence-electron chi connectivity index (χ0n) is 13.8. The third-order valence-electron chi connectivity index (χ3n) is 2.32. The Morgan fingerprint density at radius 2 is 2.05 bits per heavy atom. The second-order valence-corrected chi connectivity index (χ2v) is 6.49. The molecule has 0 aromatic carbocycles. The number of anilines is 1. The van der Waals surface area contributed by atoms with Crippen LogP contribution in [0.15, 0.2) is 6.07 Å². The van der Waals surface area contributed by atoms with Gasteiger partial charge in [0.2, 0.25) is 11.2 Å². The van der Waals surface area contributed by atoms with Crippen molar-refractivity contribution in [2.24, 2.45) is 5.92 Å². The van der Waals surface area contributed by atoms with Gasteiger partial charge in [-0.1, -0.05) is 13.8 Å². The molecule has 0 bridgehead atoms. The quantitative estimate of drug-likeness (QED) is 0.660. The second-order valence-electron chi connectivity index (χ2n) is 6.16.